The predicted molar refractivity (Wildman–Crippen MR) is 95.8 cm³/mol. The van der Waals surface area contributed by atoms with E-state index >= 15 is 0 Å². The third-order valence-corrected chi connectivity index (χ3v) is 5.79. The van der Waals surface area contributed by atoms with Crippen LogP contribution in [0.2, 0.25) is 0 Å². The van der Waals surface area contributed by atoms with E-state index in [1.165, 1.54) is 4.90 Å². The Hall–Kier alpha value is -2.38. The fraction of sp³-hybridized carbons (Fsp3) is 0.550. The summed E-state index contributed by atoms with van der Waals surface area (Å²) in [5.41, 5.74) is 1.94. The van der Waals surface area contributed by atoms with Gasteiger partial charge in [0.1, 0.15) is 11.9 Å². The Labute approximate surface area is 161 Å². The maximum absolute atomic E-state index is 14.4. The molecule has 1 fully saturated rings. The first-order chi connectivity index (χ1) is 13.2. The molecular formula is C20H22F3N3O2. The van der Waals surface area contributed by atoms with E-state index in [4.69, 9.17) is 0 Å². The summed E-state index contributed by atoms with van der Waals surface area (Å²) in [7, 11) is 0. The van der Waals surface area contributed by atoms with Gasteiger partial charge in [0, 0.05) is 42.0 Å². The summed E-state index contributed by atoms with van der Waals surface area (Å²) in [4.78, 5) is 31.4. The van der Waals surface area contributed by atoms with Gasteiger partial charge in [0.25, 0.3) is 5.91 Å². The number of pyridine rings is 1. The standard InChI is InChI=1S/C20H22F3N3O2/c1-10(2)17(18(27)25-11-5-6-20(22,23)7-11)26-9-13-14(21)8-24-15-4-3-12(16(13)15)19(26)28/h3,8,10-11,17H,4-7,9H2,1-2H3,(H,25,27)/t11?,17-/m1/s1. The zero-order valence-corrected chi connectivity index (χ0v) is 15.8. The minimum atomic E-state index is -2.77. The Balaban J connectivity index is 1.61. The molecule has 150 valence electrons. The minimum Gasteiger partial charge on any atom is -0.351 e. The van der Waals surface area contributed by atoms with Crippen LogP contribution in [0.4, 0.5) is 13.2 Å². The maximum atomic E-state index is 14.4. The molecule has 2 aliphatic carbocycles. The third-order valence-electron chi connectivity index (χ3n) is 5.79. The van der Waals surface area contributed by atoms with Gasteiger partial charge < -0.3 is 10.2 Å². The van der Waals surface area contributed by atoms with E-state index in [0.29, 0.717) is 28.8 Å². The second kappa shape index (κ2) is 6.60. The van der Waals surface area contributed by atoms with Gasteiger partial charge in [-0.15, -0.1) is 0 Å². The van der Waals surface area contributed by atoms with Crippen LogP contribution in [-0.2, 0) is 22.6 Å². The number of carbonyl (C=O) groups excluding carboxylic acids is 2. The van der Waals surface area contributed by atoms with Crippen molar-refractivity contribution in [1.82, 2.24) is 15.2 Å². The van der Waals surface area contributed by atoms with Crippen molar-refractivity contribution < 1.29 is 22.8 Å². The van der Waals surface area contributed by atoms with Gasteiger partial charge in [0.05, 0.1) is 18.4 Å². The number of nitrogens with zero attached hydrogens (tertiary/aromatic N) is 2. The smallest absolute Gasteiger partial charge is 0.255 e. The van der Waals surface area contributed by atoms with Crippen LogP contribution >= 0.6 is 0 Å². The molecule has 4 rings (SSSR count). The molecule has 1 aromatic heterocycles. The number of allylic oxidation sites excluding steroid dienone is 1. The van der Waals surface area contributed by atoms with E-state index in [-0.39, 0.29) is 31.2 Å². The molecule has 3 aliphatic rings. The van der Waals surface area contributed by atoms with Gasteiger partial charge in [-0.3, -0.25) is 14.6 Å². The van der Waals surface area contributed by atoms with E-state index in [2.05, 4.69) is 10.3 Å². The van der Waals surface area contributed by atoms with Crippen LogP contribution in [0.25, 0.3) is 5.57 Å². The number of rotatable bonds is 4. The molecule has 2 heterocycles. The highest BCUT2D eigenvalue weighted by Crippen LogP contribution is 2.39. The van der Waals surface area contributed by atoms with Crippen LogP contribution in [0.3, 0.4) is 0 Å². The molecule has 0 spiro atoms. The Bertz CT molecular complexity index is 882. The van der Waals surface area contributed by atoms with Crippen molar-refractivity contribution in [3.8, 4) is 0 Å². The van der Waals surface area contributed by atoms with Crippen molar-refractivity contribution in [2.24, 2.45) is 5.92 Å². The van der Waals surface area contributed by atoms with Crippen molar-refractivity contribution in [1.29, 1.82) is 0 Å². The molecule has 8 heteroatoms. The topological polar surface area (TPSA) is 62.3 Å². The first-order valence-corrected chi connectivity index (χ1v) is 9.54. The van der Waals surface area contributed by atoms with Crippen molar-refractivity contribution in [3.63, 3.8) is 0 Å². The van der Waals surface area contributed by atoms with Crippen LogP contribution in [0.1, 0.15) is 49.9 Å². The molecule has 1 N–H and O–H groups in total. The molecule has 1 saturated carbocycles. The number of aromatic nitrogens is 1. The first-order valence-electron chi connectivity index (χ1n) is 9.54. The molecule has 2 amide bonds. The van der Waals surface area contributed by atoms with Gasteiger partial charge in [-0.2, -0.15) is 0 Å². The van der Waals surface area contributed by atoms with E-state index in [1.54, 1.807) is 19.9 Å². The average Bonchev–Trinajstić information content (AvgIpc) is 3.18. The highest BCUT2D eigenvalue weighted by atomic mass is 19.3. The Morgan fingerprint density at radius 3 is 2.79 bits per heavy atom. The average molecular weight is 393 g/mol. The number of halogens is 3. The lowest BCUT2D eigenvalue weighted by molar-refractivity contribution is -0.139. The van der Waals surface area contributed by atoms with E-state index in [0.717, 1.165) is 6.20 Å². The highest BCUT2D eigenvalue weighted by Gasteiger charge is 2.44. The van der Waals surface area contributed by atoms with E-state index < -0.39 is 36.2 Å². The van der Waals surface area contributed by atoms with Crippen molar-refractivity contribution in [2.45, 2.75) is 64.1 Å². The summed E-state index contributed by atoms with van der Waals surface area (Å²) < 4.78 is 41.3. The lowest BCUT2D eigenvalue weighted by Gasteiger charge is -2.37. The summed E-state index contributed by atoms with van der Waals surface area (Å²) >= 11 is 0. The molecule has 28 heavy (non-hydrogen) atoms. The zero-order valence-electron chi connectivity index (χ0n) is 15.8. The van der Waals surface area contributed by atoms with Gasteiger partial charge in [-0.25, -0.2) is 13.2 Å². The molecule has 1 aromatic rings. The van der Waals surface area contributed by atoms with Crippen LogP contribution < -0.4 is 5.32 Å². The van der Waals surface area contributed by atoms with E-state index in [1.807, 2.05) is 0 Å². The Kier molecular flexibility index (Phi) is 4.47. The highest BCUT2D eigenvalue weighted by molar-refractivity contribution is 6.23. The zero-order chi connectivity index (χ0) is 20.2. The summed E-state index contributed by atoms with van der Waals surface area (Å²) in [5.74, 6) is -4.36. The molecule has 5 nitrogen and oxygen atoms in total. The second-order valence-electron chi connectivity index (χ2n) is 8.15. The number of hydrogen-bond donors (Lipinski definition) is 1. The number of alkyl halides is 2. The van der Waals surface area contributed by atoms with E-state index in [9.17, 15) is 22.8 Å². The monoisotopic (exact) mass is 393 g/mol. The first kappa shape index (κ1) is 19.0. The number of nitrogens with one attached hydrogen (secondary N) is 1. The molecule has 2 atom stereocenters. The normalized spacial score (nSPS) is 23.6. The fourth-order valence-electron chi connectivity index (χ4n) is 4.48. The van der Waals surface area contributed by atoms with Crippen molar-refractivity contribution in [3.05, 3.63) is 34.9 Å². The molecule has 0 saturated heterocycles. The molecule has 1 aliphatic heterocycles. The summed E-state index contributed by atoms with van der Waals surface area (Å²) in [6, 6.07) is -1.48. The molecule has 1 unspecified atom stereocenters. The Morgan fingerprint density at radius 2 is 2.14 bits per heavy atom. The molecule has 0 bridgehead atoms. The minimum absolute atomic E-state index is 0.0377. The van der Waals surface area contributed by atoms with Gasteiger partial charge in [-0.1, -0.05) is 19.9 Å². The largest absolute Gasteiger partial charge is 0.351 e. The van der Waals surface area contributed by atoms with Gasteiger partial charge in [0.2, 0.25) is 11.8 Å². The van der Waals surface area contributed by atoms with Crippen molar-refractivity contribution in [2.75, 3.05) is 0 Å². The van der Waals surface area contributed by atoms with Gasteiger partial charge >= 0.3 is 0 Å². The molecular weight excluding hydrogens is 371 g/mol. The van der Waals surface area contributed by atoms with Crippen LogP contribution in [0.15, 0.2) is 12.3 Å². The summed E-state index contributed by atoms with van der Waals surface area (Å²) in [5, 5.41) is 2.68. The van der Waals surface area contributed by atoms with Crippen LogP contribution in [-0.4, -0.2) is 39.7 Å². The molecule has 0 aromatic carbocycles. The number of hydrogen-bond acceptors (Lipinski definition) is 3. The van der Waals surface area contributed by atoms with Gasteiger partial charge in [0.15, 0.2) is 0 Å². The summed E-state index contributed by atoms with van der Waals surface area (Å²) in [6.45, 7) is 3.53. The summed E-state index contributed by atoms with van der Waals surface area (Å²) in [6.07, 6.45) is 2.86. The van der Waals surface area contributed by atoms with Crippen LogP contribution in [0, 0.1) is 11.7 Å². The lowest BCUT2D eigenvalue weighted by atomic mass is 9.92. The lowest BCUT2D eigenvalue weighted by Crippen LogP contribution is -2.55. The second-order valence-corrected chi connectivity index (χ2v) is 8.15. The SMILES string of the molecule is CC(C)[C@H](C(=O)NC1CCC(F)(F)C1)N1Cc2c(F)cnc3c2C(=CC3)C1=O. The predicted octanol–water partition coefficient (Wildman–Crippen LogP) is 2.83. The van der Waals surface area contributed by atoms with Crippen LogP contribution in [0.5, 0.6) is 0 Å². The molecule has 0 radical (unpaired) electrons. The third kappa shape index (κ3) is 3.08. The quantitative estimate of drug-likeness (QED) is 0.856. The maximum Gasteiger partial charge on any atom is 0.255 e. The van der Waals surface area contributed by atoms with Gasteiger partial charge in [-0.05, 0) is 12.3 Å². The fourth-order valence-corrected chi connectivity index (χ4v) is 4.48. The number of carbonyl (C=O) groups is 2. The number of amides is 2. The van der Waals surface area contributed by atoms with Crippen molar-refractivity contribution >= 4 is 17.4 Å². The Morgan fingerprint density at radius 1 is 1.39 bits per heavy atom.